The van der Waals surface area contributed by atoms with Gasteiger partial charge in [0.25, 0.3) is 0 Å². The van der Waals surface area contributed by atoms with Crippen LogP contribution in [-0.4, -0.2) is 4.98 Å². The first-order valence-corrected chi connectivity index (χ1v) is 4.39. The molecule has 0 aromatic carbocycles. The summed E-state index contributed by atoms with van der Waals surface area (Å²) in [6.07, 6.45) is 7.90. The molecule has 12 heavy (non-hydrogen) atoms. The Kier molecular flexibility index (Phi) is 3.52. The first kappa shape index (κ1) is 8.98. The molecule has 1 rings (SSSR count). The zero-order chi connectivity index (χ0) is 8.81. The van der Waals surface area contributed by atoms with E-state index in [0.717, 1.165) is 12.8 Å². The van der Waals surface area contributed by atoms with E-state index in [9.17, 15) is 0 Å². The van der Waals surface area contributed by atoms with Crippen molar-refractivity contribution in [3.8, 4) is 0 Å². The van der Waals surface area contributed by atoms with Crippen LogP contribution in [0.3, 0.4) is 0 Å². The highest BCUT2D eigenvalue weighted by molar-refractivity contribution is 5.16. The van der Waals surface area contributed by atoms with E-state index < -0.39 is 0 Å². The molecule has 1 heterocycles. The molecule has 0 spiro atoms. The van der Waals surface area contributed by atoms with Gasteiger partial charge in [-0.25, -0.2) is 0 Å². The fraction of sp³-hybridized carbons (Fsp3) is 0.364. The minimum Gasteiger partial charge on any atom is -0.265 e. The van der Waals surface area contributed by atoms with Gasteiger partial charge < -0.3 is 0 Å². The Bertz CT molecular complexity index is 228. The third kappa shape index (κ3) is 2.19. The van der Waals surface area contributed by atoms with Crippen LogP contribution in [0.25, 0.3) is 0 Å². The molecule has 1 nitrogen and oxygen atoms in total. The lowest BCUT2D eigenvalue weighted by Gasteiger charge is -2.11. The average molecular weight is 161 g/mol. The number of aromatic nitrogens is 1. The summed E-state index contributed by atoms with van der Waals surface area (Å²) in [5.74, 6) is 0.616. The Hall–Kier alpha value is -1.11. The Labute approximate surface area is 74.2 Å². The fourth-order valence-electron chi connectivity index (χ4n) is 1.38. The quantitative estimate of drug-likeness (QED) is 0.618. The Balaban J connectivity index is 2.72. The van der Waals surface area contributed by atoms with Crippen LogP contribution in [0, 0.1) is 0 Å². The van der Waals surface area contributed by atoms with Crippen molar-refractivity contribution in [3.05, 3.63) is 42.7 Å². The molecule has 0 N–H and O–H groups in total. The third-order valence-electron chi connectivity index (χ3n) is 2.12. The van der Waals surface area contributed by atoms with Crippen molar-refractivity contribution in [1.29, 1.82) is 0 Å². The molecule has 0 aliphatic heterocycles. The molecule has 0 bridgehead atoms. The molecule has 0 radical (unpaired) electrons. The van der Waals surface area contributed by atoms with Crippen molar-refractivity contribution >= 4 is 0 Å². The molecule has 1 heteroatoms. The maximum atomic E-state index is 4.00. The Morgan fingerprint density at radius 1 is 1.50 bits per heavy atom. The van der Waals surface area contributed by atoms with Gasteiger partial charge in [0, 0.05) is 12.4 Å². The molecular formula is C11H15N. The average Bonchev–Trinajstić information content (AvgIpc) is 2.15. The zero-order valence-electron chi connectivity index (χ0n) is 7.53. The van der Waals surface area contributed by atoms with Gasteiger partial charge in [0.2, 0.25) is 0 Å². The van der Waals surface area contributed by atoms with E-state index in [1.807, 2.05) is 18.5 Å². The summed E-state index contributed by atoms with van der Waals surface area (Å²) in [6.45, 7) is 5.96. The van der Waals surface area contributed by atoms with E-state index in [1.54, 1.807) is 0 Å². The minimum atomic E-state index is 0.616. The third-order valence-corrected chi connectivity index (χ3v) is 2.12. The second-order valence-electron chi connectivity index (χ2n) is 2.91. The zero-order valence-corrected chi connectivity index (χ0v) is 7.53. The van der Waals surface area contributed by atoms with Gasteiger partial charge in [-0.05, 0) is 36.5 Å². The first-order valence-electron chi connectivity index (χ1n) is 4.39. The summed E-state index contributed by atoms with van der Waals surface area (Å²) in [7, 11) is 0. The van der Waals surface area contributed by atoms with Gasteiger partial charge in [-0.3, -0.25) is 4.98 Å². The van der Waals surface area contributed by atoms with Crippen molar-refractivity contribution in [2.75, 3.05) is 0 Å². The lowest BCUT2D eigenvalue weighted by atomic mass is 9.94. The number of hydrogen-bond acceptors (Lipinski definition) is 1. The predicted molar refractivity (Wildman–Crippen MR) is 52.1 cm³/mol. The SMILES string of the molecule is C=CCC(CC)c1ccncc1. The number of hydrogen-bond donors (Lipinski definition) is 0. The van der Waals surface area contributed by atoms with Crippen LogP contribution < -0.4 is 0 Å². The fourth-order valence-corrected chi connectivity index (χ4v) is 1.38. The number of nitrogens with zero attached hydrogens (tertiary/aromatic N) is 1. The van der Waals surface area contributed by atoms with E-state index in [1.165, 1.54) is 5.56 Å². The van der Waals surface area contributed by atoms with Crippen LogP contribution in [0.4, 0.5) is 0 Å². The molecule has 64 valence electrons. The standard InChI is InChI=1S/C11H15N/c1-3-5-10(4-2)11-6-8-12-9-7-11/h3,6-10H,1,4-5H2,2H3. The maximum Gasteiger partial charge on any atom is 0.0270 e. The van der Waals surface area contributed by atoms with Gasteiger partial charge in [0.1, 0.15) is 0 Å². The lowest BCUT2D eigenvalue weighted by Crippen LogP contribution is -1.95. The second-order valence-corrected chi connectivity index (χ2v) is 2.91. The number of allylic oxidation sites excluding steroid dienone is 1. The summed E-state index contributed by atoms with van der Waals surface area (Å²) < 4.78 is 0. The molecule has 0 amide bonds. The van der Waals surface area contributed by atoms with E-state index in [0.29, 0.717) is 5.92 Å². The highest BCUT2D eigenvalue weighted by atomic mass is 14.6. The van der Waals surface area contributed by atoms with Crippen LogP contribution in [0.5, 0.6) is 0 Å². The van der Waals surface area contributed by atoms with Crippen LogP contribution in [-0.2, 0) is 0 Å². The van der Waals surface area contributed by atoms with Crippen LogP contribution >= 0.6 is 0 Å². The van der Waals surface area contributed by atoms with E-state index in [2.05, 4.69) is 30.6 Å². The Morgan fingerprint density at radius 2 is 2.17 bits per heavy atom. The summed E-state index contributed by atoms with van der Waals surface area (Å²) in [5.41, 5.74) is 1.37. The largest absolute Gasteiger partial charge is 0.265 e. The summed E-state index contributed by atoms with van der Waals surface area (Å²) in [6, 6.07) is 4.16. The second kappa shape index (κ2) is 4.70. The molecule has 1 unspecified atom stereocenters. The van der Waals surface area contributed by atoms with Crippen LogP contribution in [0.1, 0.15) is 31.2 Å². The van der Waals surface area contributed by atoms with Gasteiger partial charge in [0.05, 0.1) is 0 Å². The molecule has 1 aromatic heterocycles. The topological polar surface area (TPSA) is 12.9 Å². The van der Waals surface area contributed by atoms with Gasteiger partial charge >= 0.3 is 0 Å². The first-order chi connectivity index (χ1) is 5.88. The number of pyridine rings is 1. The molecule has 1 aromatic rings. The monoisotopic (exact) mass is 161 g/mol. The highest BCUT2D eigenvalue weighted by Crippen LogP contribution is 2.22. The molecule has 0 aliphatic carbocycles. The van der Waals surface area contributed by atoms with Gasteiger partial charge in [-0.2, -0.15) is 0 Å². The van der Waals surface area contributed by atoms with E-state index in [-0.39, 0.29) is 0 Å². The van der Waals surface area contributed by atoms with Gasteiger partial charge in [-0.15, -0.1) is 6.58 Å². The smallest absolute Gasteiger partial charge is 0.0270 e. The van der Waals surface area contributed by atoms with Crippen molar-refractivity contribution in [1.82, 2.24) is 4.98 Å². The van der Waals surface area contributed by atoms with Gasteiger partial charge in [-0.1, -0.05) is 13.0 Å². The van der Waals surface area contributed by atoms with E-state index >= 15 is 0 Å². The molecule has 1 atom stereocenters. The highest BCUT2D eigenvalue weighted by Gasteiger charge is 2.05. The molecule has 0 fully saturated rings. The minimum absolute atomic E-state index is 0.616. The lowest BCUT2D eigenvalue weighted by molar-refractivity contribution is 0.674. The van der Waals surface area contributed by atoms with Crippen molar-refractivity contribution in [3.63, 3.8) is 0 Å². The summed E-state index contributed by atoms with van der Waals surface area (Å²) >= 11 is 0. The van der Waals surface area contributed by atoms with Crippen molar-refractivity contribution < 1.29 is 0 Å². The van der Waals surface area contributed by atoms with Crippen molar-refractivity contribution in [2.45, 2.75) is 25.7 Å². The molecule has 0 saturated carbocycles. The summed E-state index contributed by atoms with van der Waals surface area (Å²) in [4.78, 5) is 4.00. The number of rotatable bonds is 4. The van der Waals surface area contributed by atoms with Gasteiger partial charge in [0.15, 0.2) is 0 Å². The van der Waals surface area contributed by atoms with Crippen LogP contribution in [0.2, 0.25) is 0 Å². The molecule has 0 saturated heterocycles. The predicted octanol–water partition coefficient (Wildman–Crippen LogP) is 3.15. The Morgan fingerprint density at radius 3 is 2.67 bits per heavy atom. The van der Waals surface area contributed by atoms with Crippen molar-refractivity contribution in [2.24, 2.45) is 0 Å². The van der Waals surface area contributed by atoms with E-state index in [4.69, 9.17) is 0 Å². The molecule has 0 aliphatic rings. The summed E-state index contributed by atoms with van der Waals surface area (Å²) in [5, 5.41) is 0. The van der Waals surface area contributed by atoms with Crippen LogP contribution in [0.15, 0.2) is 37.2 Å². The normalized spacial score (nSPS) is 12.4. The maximum absolute atomic E-state index is 4.00. The molecular weight excluding hydrogens is 146 g/mol.